The van der Waals surface area contributed by atoms with Gasteiger partial charge in [-0.1, -0.05) is 12.1 Å². The molecule has 0 fully saturated rings. The molecule has 1 rings (SSSR count). The minimum Gasteiger partial charge on any atom is -0.507 e. The summed E-state index contributed by atoms with van der Waals surface area (Å²) < 4.78 is 60.6. The van der Waals surface area contributed by atoms with Crippen molar-refractivity contribution >= 4 is 5.83 Å². The zero-order valence-electron chi connectivity index (χ0n) is 7.15. The molecule has 0 aliphatic rings. The van der Waals surface area contributed by atoms with E-state index in [0.717, 1.165) is 12.1 Å². The molecule has 0 aliphatic carbocycles. The number of aromatic hydroxyl groups is 1. The number of hydrogen-bond acceptors (Lipinski definition) is 1. The lowest BCUT2D eigenvalue weighted by atomic mass is 10.1. The van der Waals surface area contributed by atoms with Crippen LogP contribution in [0.25, 0.3) is 5.83 Å². The average Bonchev–Trinajstić information content (AvgIpc) is 2.15. The van der Waals surface area contributed by atoms with Crippen LogP contribution >= 0.6 is 0 Å². The summed E-state index contributed by atoms with van der Waals surface area (Å²) in [7, 11) is 0. The van der Waals surface area contributed by atoms with Crippen molar-refractivity contribution in [2.24, 2.45) is 0 Å². The van der Waals surface area contributed by atoms with Gasteiger partial charge in [0, 0.05) is 0 Å². The standard InChI is InChI=1S/C9H5F5O/c10-7(8(11)9(12,13)14)5-3-1-2-4-6(5)15/h1-4,15H. The highest BCUT2D eigenvalue weighted by atomic mass is 19.4. The van der Waals surface area contributed by atoms with E-state index in [9.17, 15) is 22.0 Å². The van der Waals surface area contributed by atoms with Crippen molar-refractivity contribution in [1.82, 2.24) is 0 Å². The van der Waals surface area contributed by atoms with E-state index in [1.54, 1.807) is 0 Å². The Morgan fingerprint density at radius 1 is 1.07 bits per heavy atom. The van der Waals surface area contributed by atoms with Crippen molar-refractivity contribution in [2.75, 3.05) is 0 Å². The summed E-state index contributed by atoms with van der Waals surface area (Å²) in [4.78, 5) is 0. The third-order valence-electron chi connectivity index (χ3n) is 1.58. The summed E-state index contributed by atoms with van der Waals surface area (Å²) in [6, 6.07) is 4.25. The SMILES string of the molecule is Oc1ccccc1C(F)=C(F)C(F)(F)F. The number of allylic oxidation sites excluding steroid dienone is 1. The molecule has 0 radical (unpaired) electrons. The van der Waals surface area contributed by atoms with Gasteiger partial charge < -0.3 is 5.11 Å². The van der Waals surface area contributed by atoms with Gasteiger partial charge in [0.2, 0.25) is 5.83 Å². The first-order valence-electron chi connectivity index (χ1n) is 3.75. The van der Waals surface area contributed by atoms with E-state index < -0.39 is 29.1 Å². The number of benzene rings is 1. The average molecular weight is 224 g/mol. The number of phenols is 1. The molecule has 0 bridgehead atoms. The van der Waals surface area contributed by atoms with Crippen LogP contribution in [-0.2, 0) is 0 Å². The summed E-state index contributed by atoms with van der Waals surface area (Å²) in [5, 5.41) is 8.99. The summed E-state index contributed by atoms with van der Waals surface area (Å²) in [5.74, 6) is -5.74. The Hall–Kier alpha value is -1.59. The van der Waals surface area contributed by atoms with Crippen LogP contribution in [0, 0.1) is 0 Å². The smallest absolute Gasteiger partial charge is 0.445 e. The molecule has 1 aromatic rings. The molecule has 0 unspecified atom stereocenters. The van der Waals surface area contributed by atoms with Gasteiger partial charge in [0.05, 0.1) is 5.56 Å². The van der Waals surface area contributed by atoms with E-state index in [2.05, 4.69) is 0 Å². The number of halogens is 5. The van der Waals surface area contributed by atoms with Crippen LogP contribution in [0.1, 0.15) is 5.56 Å². The number of rotatable bonds is 1. The van der Waals surface area contributed by atoms with E-state index in [1.165, 1.54) is 12.1 Å². The minimum absolute atomic E-state index is 0.755. The Labute approximate surface area is 81.5 Å². The van der Waals surface area contributed by atoms with Crippen LogP contribution < -0.4 is 0 Å². The van der Waals surface area contributed by atoms with Gasteiger partial charge in [0.1, 0.15) is 5.75 Å². The summed E-state index contributed by atoms with van der Waals surface area (Å²) in [6.07, 6.45) is -5.40. The molecule has 82 valence electrons. The summed E-state index contributed by atoms with van der Waals surface area (Å²) in [5.41, 5.74) is -0.827. The van der Waals surface area contributed by atoms with Crippen LogP contribution in [0.4, 0.5) is 22.0 Å². The third kappa shape index (κ3) is 2.45. The van der Waals surface area contributed by atoms with Gasteiger partial charge in [0.15, 0.2) is 5.83 Å². The van der Waals surface area contributed by atoms with Crippen molar-refractivity contribution in [1.29, 1.82) is 0 Å². The molecular formula is C9H5F5O. The maximum absolute atomic E-state index is 12.9. The van der Waals surface area contributed by atoms with Gasteiger partial charge in [0.25, 0.3) is 0 Å². The highest BCUT2D eigenvalue weighted by Crippen LogP contribution is 2.36. The van der Waals surface area contributed by atoms with Crippen molar-refractivity contribution < 1.29 is 27.1 Å². The molecule has 6 heteroatoms. The normalized spacial score (nSPS) is 13.7. The molecule has 0 atom stereocenters. The lowest BCUT2D eigenvalue weighted by Crippen LogP contribution is -2.09. The molecule has 0 aliphatic heterocycles. The monoisotopic (exact) mass is 224 g/mol. The maximum atomic E-state index is 12.9. The zero-order chi connectivity index (χ0) is 11.6. The van der Waals surface area contributed by atoms with Gasteiger partial charge in [-0.2, -0.15) is 17.6 Å². The lowest BCUT2D eigenvalue weighted by molar-refractivity contribution is -0.108. The Balaban J connectivity index is 3.26. The van der Waals surface area contributed by atoms with Gasteiger partial charge in [-0.05, 0) is 12.1 Å². The second-order valence-electron chi connectivity index (χ2n) is 2.64. The predicted molar refractivity (Wildman–Crippen MR) is 43.3 cm³/mol. The van der Waals surface area contributed by atoms with Crippen LogP contribution in [0.2, 0.25) is 0 Å². The molecular weight excluding hydrogens is 219 g/mol. The first kappa shape index (κ1) is 11.5. The Kier molecular flexibility index (Phi) is 2.97. The molecule has 1 aromatic carbocycles. The van der Waals surface area contributed by atoms with Crippen LogP contribution in [0.3, 0.4) is 0 Å². The van der Waals surface area contributed by atoms with E-state index in [4.69, 9.17) is 5.11 Å². The van der Waals surface area contributed by atoms with E-state index >= 15 is 0 Å². The molecule has 1 N–H and O–H groups in total. The molecule has 0 spiro atoms. The van der Waals surface area contributed by atoms with Crippen LogP contribution in [-0.4, -0.2) is 11.3 Å². The van der Waals surface area contributed by atoms with Crippen LogP contribution in [0.5, 0.6) is 5.75 Å². The largest absolute Gasteiger partial charge is 0.507 e. The molecule has 0 amide bonds. The van der Waals surface area contributed by atoms with E-state index in [1.807, 2.05) is 0 Å². The van der Waals surface area contributed by atoms with Gasteiger partial charge in [-0.15, -0.1) is 0 Å². The molecule has 0 aromatic heterocycles. The van der Waals surface area contributed by atoms with Crippen LogP contribution in [0.15, 0.2) is 30.1 Å². The maximum Gasteiger partial charge on any atom is 0.445 e. The molecule has 0 saturated carbocycles. The Morgan fingerprint density at radius 2 is 1.60 bits per heavy atom. The van der Waals surface area contributed by atoms with Gasteiger partial charge in [-0.3, -0.25) is 0 Å². The molecule has 0 saturated heterocycles. The summed E-state index contributed by atoms with van der Waals surface area (Å²) in [6.45, 7) is 0. The fraction of sp³-hybridized carbons (Fsp3) is 0.111. The number of phenolic OH excluding ortho intramolecular Hbond substituents is 1. The summed E-state index contributed by atoms with van der Waals surface area (Å²) >= 11 is 0. The highest BCUT2D eigenvalue weighted by molar-refractivity contribution is 5.66. The van der Waals surface area contributed by atoms with Crippen molar-refractivity contribution in [3.05, 3.63) is 35.7 Å². The predicted octanol–water partition coefficient (Wildman–Crippen LogP) is 3.56. The molecule has 15 heavy (non-hydrogen) atoms. The van der Waals surface area contributed by atoms with E-state index in [0.29, 0.717) is 0 Å². The molecule has 0 heterocycles. The lowest BCUT2D eigenvalue weighted by Gasteiger charge is -2.06. The van der Waals surface area contributed by atoms with Crippen molar-refractivity contribution in [2.45, 2.75) is 6.18 Å². The Morgan fingerprint density at radius 3 is 2.07 bits per heavy atom. The zero-order valence-corrected chi connectivity index (χ0v) is 7.15. The Bertz CT molecular complexity index is 394. The first-order chi connectivity index (χ1) is 6.84. The minimum atomic E-state index is -5.40. The first-order valence-corrected chi connectivity index (χ1v) is 3.75. The van der Waals surface area contributed by atoms with Crippen molar-refractivity contribution in [3.8, 4) is 5.75 Å². The van der Waals surface area contributed by atoms with Crippen molar-refractivity contribution in [3.63, 3.8) is 0 Å². The number of para-hydroxylation sites is 1. The topological polar surface area (TPSA) is 20.2 Å². The third-order valence-corrected chi connectivity index (χ3v) is 1.58. The highest BCUT2D eigenvalue weighted by Gasteiger charge is 2.38. The second-order valence-corrected chi connectivity index (χ2v) is 2.64. The second kappa shape index (κ2) is 3.88. The quantitative estimate of drug-likeness (QED) is 0.723. The van der Waals surface area contributed by atoms with E-state index in [-0.39, 0.29) is 0 Å². The number of alkyl halides is 3. The fourth-order valence-electron chi connectivity index (χ4n) is 0.902. The van der Waals surface area contributed by atoms with Gasteiger partial charge in [-0.25, -0.2) is 4.39 Å². The molecule has 1 nitrogen and oxygen atoms in total. The number of hydrogen-bond donors (Lipinski definition) is 1. The van der Waals surface area contributed by atoms with Gasteiger partial charge >= 0.3 is 6.18 Å². The fourth-order valence-corrected chi connectivity index (χ4v) is 0.902.